The molecule has 1 atom stereocenters. The molecule has 10 heteroatoms. The van der Waals surface area contributed by atoms with Crippen LogP contribution in [0.4, 0.5) is 5.69 Å². The third-order valence-electron chi connectivity index (χ3n) is 6.98. The van der Waals surface area contributed by atoms with Crippen LogP contribution in [0, 0.1) is 6.92 Å². The van der Waals surface area contributed by atoms with Gasteiger partial charge in [0.25, 0.3) is 10.0 Å². The van der Waals surface area contributed by atoms with Crippen LogP contribution in [0.3, 0.4) is 0 Å². The fourth-order valence-electron chi connectivity index (χ4n) is 4.73. The highest BCUT2D eigenvalue weighted by Gasteiger charge is 2.35. The van der Waals surface area contributed by atoms with Gasteiger partial charge in [0.15, 0.2) is 0 Å². The predicted octanol–water partition coefficient (Wildman–Crippen LogP) is 6.77. The van der Waals surface area contributed by atoms with E-state index in [1.165, 1.54) is 17.0 Å². The number of rotatable bonds is 12. The molecule has 0 bridgehead atoms. The normalized spacial score (nSPS) is 12.0. The van der Waals surface area contributed by atoms with Gasteiger partial charge in [-0.3, -0.25) is 13.9 Å². The van der Waals surface area contributed by atoms with Gasteiger partial charge in [-0.15, -0.1) is 0 Å². The van der Waals surface area contributed by atoms with Gasteiger partial charge < -0.3 is 10.2 Å². The summed E-state index contributed by atoms with van der Waals surface area (Å²) in [6.07, 6.45) is 0.235. The number of carbonyl (C=O) groups excluding carboxylic acids is 2. The molecule has 7 nitrogen and oxygen atoms in total. The summed E-state index contributed by atoms with van der Waals surface area (Å²) in [6, 6.07) is 28.7. The van der Waals surface area contributed by atoms with Gasteiger partial charge in [0, 0.05) is 23.5 Å². The van der Waals surface area contributed by atoms with Crippen molar-refractivity contribution in [1.82, 2.24) is 10.2 Å². The van der Waals surface area contributed by atoms with E-state index in [0.29, 0.717) is 0 Å². The number of carbonyl (C=O) groups is 2. The quantitative estimate of drug-likeness (QED) is 0.177. The molecule has 4 aromatic carbocycles. The molecule has 2 amide bonds. The molecule has 44 heavy (non-hydrogen) atoms. The topological polar surface area (TPSA) is 86.8 Å². The summed E-state index contributed by atoms with van der Waals surface area (Å²) in [7, 11) is -4.23. The minimum absolute atomic E-state index is 0.0219. The fourth-order valence-corrected chi connectivity index (χ4v) is 6.71. The number of hydrogen-bond acceptors (Lipinski definition) is 4. The highest BCUT2D eigenvalue weighted by atomic mass is 79.9. The molecule has 0 unspecified atom stereocenters. The maximum Gasteiger partial charge on any atom is 0.264 e. The average molecular weight is 697 g/mol. The zero-order valence-electron chi connectivity index (χ0n) is 24.8. The maximum atomic E-state index is 14.5. The summed E-state index contributed by atoms with van der Waals surface area (Å²) in [5.74, 6) is -0.886. The molecule has 0 spiro atoms. The number of anilines is 1. The highest BCUT2D eigenvalue weighted by Crippen LogP contribution is 2.31. The van der Waals surface area contributed by atoms with Gasteiger partial charge in [-0.25, -0.2) is 8.42 Å². The van der Waals surface area contributed by atoms with Crippen molar-refractivity contribution in [3.05, 3.63) is 129 Å². The van der Waals surface area contributed by atoms with Gasteiger partial charge in [-0.2, -0.15) is 0 Å². The van der Waals surface area contributed by atoms with Crippen LogP contribution in [0.15, 0.2) is 112 Å². The Hall–Kier alpha value is -3.66. The number of nitrogens with one attached hydrogen (secondary N) is 1. The standard InChI is InChI=1S/C34H35BrClN3O4S/c1-24(2)37-34(41)32(21-26-9-5-4-6-10-26)38(22-27-15-17-28(35)18-16-27)33(40)23-39(31-12-8-7-11-30(31)36)44(42,43)29-19-13-25(3)14-20-29/h4-20,24,32H,21-23H2,1-3H3,(H,37,41)/t32-/m1/s1. The molecule has 1 N–H and O–H groups in total. The van der Waals surface area contributed by atoms with Crippen LogP contribution < -0.4 is 9.62 Å². The minimum Gasteiger partial charge on any atom is -0.352 e. The van der Waals surface area contributed by atoms with Gasteiger partial charge in [-0.05, 0) is 68.3 Å². The SMILES string of the molecule is Cc1ccc(S(=O)(=O)N(CC(=O)N(Cc2ccc(Br)cc2)[C@H](Cc2ccccc2)C(=O)NC(C)C)c2ccccc2Cl)cc1. The molecule has 0 saturated carbocycles. The molecule has 0 aliphatic rings. The Morgan fingerprint density at radius 2 is 1.45 bits per heavy atom. The van der Waals surface area contributed by atoms with E-state index in [1.54, 1.807) is 36.4 Å². The first kappa shape index (κ1) is 33.2. The lowest BCUT2D eigenvalue weighted by molar-refractivity contribution is -0.140. The van der Waals surface area contributed by atoms with E-state index in [2.05, 4.69) is 21.2 Å². The molecule has 0 fully saturated rings. The summed E-state index contributed by atoms with van der Waals surface area (Å²) >= 11 is 9.97. The van der Waals surface area contributed by atoms with Crippen molar-refractivity contribution < 1.29 is 18.0 Å². The molecule has 0 heterocycles. The number of aryl methyl sites for hydroxylation is 1. The minimum atomic E-state index is -4.23. The van der Waals surface area contributed by atoms with Crippen LogP contribution in [0.1, 0.15) is 30.5 Å². The van der Waals surface area contributed by atoms with E-state index in [1.807, 2.05) is 75.4 Å². The van der Waals surface area contributed by atoms with E-state index in [4.69, 9.17) is 11.6 Å². The fraction of sp³-hybridized carbons (Fsp3) is 0.235. The first-order valence-electron chi connectivity index (χ1n) is 14.2. The zero-order valence-corrected chi connectivity index (χ0v) is 27.9. The molecule has 4 rings (SSSR count). The lowest BCUT2D eigenvalue weighted by Gasteiger charge is -2.34. The van der Waals surface area contributed by atoms with Crippen molar-refractivity contribution in [2.45, 2.75) is 50.7 Å². The van der Waals surface area contributed by atoms with Crippen molar-refractivity contribution in [3.63, 3.8) is 0 Å². The lowest BCUT2D eigenvalue weighted by Crippen LogP contribution is -2.54. The summed E-state index contributed by atoms with van der Waals surface area (Å²) in [5, 5.41) is 3.13. The average Bonchev–Trinajstić information content (AvgIpc) is 2.99. The van der Waals surface area contributed by atoms with Crippen molar-refractivity contribution >= 4 is 55.1 Å². The molecule has 0 radical (unpaired) electrons. The molecule has 4 aromatic rings. The second-order valence-corrected chi connectivity index (χ2v) is 14.0. The number of hydrogen-bond donors (Lipinski definition) is 1. The monoisotopic (exact) mass is 695 g/mol. The van der Waals surface area contributed by atoms with Gasteiger partial charge in [-0.1, -0.05) is 99.8 Å². The van der Waals surface area contributed by atoms with Crippen LogP contribution in [-0.2, 0) is 32.6 Å². The Morgan fingerprint density at radius 3 is 2.07 bits per heavy atom. The number of nitrogens with zero attached hydrogens (tertiary/aromatic N) is 2. The van der Waals surface area contributed by atoms with Crippen LogP contribution in [-0.4, -0.2) is 43.8 Å². The second kappa shape index (κ2) is 14.9. The second-order valence-electron chi connectivity index (χ2n) is 10.8. The molecular formula is C34H35BrClN3O4S. The van der Waals surface area contributed by atoms with Crippen molar-refractivity contribution in [2.24, 2.45) is 0 Å². The van der Waals surface area contributed by atoms with E-state index in [0.717, 1.165) is 25.5 Å². The number of halogens is 2. The number of para-hydroxylation sites is 1. The Morgan fingerprint density at radius 1 is 0.841 bits per heavy atom. The maximum absolute atomic E-state index is 14.5. The largest absolute Gasteiger partial charge is 0.352 e. The predicted molar refractivity (Wildman–Crippen MR) is 179 cm³/mol. The Labute approximate surface area is 273 Å². The first-order chi connectivity index (χ1) is 21.0. The van der Waals surface area contributed by atoms with Gasteiger partial charge in [0.1, 0.15) is 12.6 Å². The summed E-state index contributed by atoms with van der Waals surface area (Å²) in [5.41, 5.74) is 2.70. The summed E-state index contributed by atoms with van der Waals surface area (Å²) in [6.45, 7) is 5.07. The van der Waals surface area contributed by atoms with Crippen molar-refractivity contribution in [1.29, 1.82) is 0 Å². The molecule has 0 aromatic heterocycles. The molecule has 0 aliphatic heterocycles. The van der Waals surface area contributed by atoms with Gasteiger partial charge in [0.2, 0.25) is 11.8 Å². The smallest absolute Gasteiger partial charge is 0.264 e. The van der Waals surface area contributed by atoms with Gasteiger partial charge >= 0.3 is 0 Å². The van der Waals surface area contributed by atoms with Gasteiger partial charge in [0.05, 0.1) is 15.6 Å². The number of benzene rings is 4. The number of amides is 2. The van der Waals surface area contributed by atoms with Crippen molar-refractivity contribution in [3.8, 4) is 0 Å². The molecule has 0 saturated heterocycles. The van der Waals surface area contributed by atoms with Crippen LogP contribution in [0.5, 0.6) is 0 Å². The highest BCUT2D eigenvalue weighted by molar-refractivity contribution is 9.10. The van der Waals surface area contributed by atoms with E-state index in [9.17, 15) is 18.0 Å². The van der Waals surface area contributed by atoms with Crippen LogP contribution >= 0.6 is 27.5 Å². The molecule has 230 valence electrons. The zero-order chi connectivity index (χ0) is 31.9. The summed E-state index contributed by atoms with van der Waals surface area (Å²) < 4.78 is 30.1. The van der Waals surface area contributed by atoms with Crippen molar-refractivity contribution in [2.75, 3.05) is 10.8 Å². The Kier molecular flexibility index (Phi) is 11.2. The summed E-state index contributed by atoms with van der Waals surface area (Å²) in [4.78, 5) is 29.7. The van der Waals surface area contributed by atoms with E-state index < -0.39 is 28.5 Å². The number of sulfonamides is 1. The van der Waals surface area contributed by atoms with Crippen LogP contribution in [0.2, 0.25) is 5.02 Å². The first-order valence-corrected chi connectivity index (χ1v) is 16.8. The van der Waals surface area contributed by atoms with E-state index in [-0.39, 0.29) is 40.5 Å². The lowest BCUT2D eigenvalue weighted by atomic mass is 10.0. The third kappa shape index (κ3) is 8.49. The molecular weight excluding hydrogens is 662 g/mol. The van der Waals surface area contributed by atoms with Crippen LogP contribution in [0.25, 0.3) is 0 Å². The Balaban J connectivity index is 1.81. The van der Waals surface area contributed by atoms with E-state index >= 15 is 0 Å². The molecule has 0 aliphatic carbocycles. The Bertz CT molecular complexity index is 1680. The third-order valence-corrected chi connectivity index (χ3v) is 9.60.